The van der Waals surface area contributed by atoms with Crippen LogP contribution in [-0.2, 0) is 6.54 Å². The first kappa shape index (κ1) is 24.4. The summed E-state index contributed by atoms with van der Waals surface area (Å²) < 4.78 is 40.6. The molecule has 166 valence electrons. The van der Waals surface area contributed by atoms with Gasteiger partial charge in [0, 0.05) is 44.5 Å². The number of alkyl halides is 3. The first-order chi connectivity index (χ1) is 13.9. The molecule has 2 aromatic rings. The van der Waals surface area contributed by atoms with Crippen molar-refractivity contribution in [2.45, 2.75) is 32.6 Å². The van der Waals surface area contributed by atoms with Gasteiger partial charge in [0.2, 0.25) is 0 Å². The van der Waals surface area contributed by atoms with Crippen molar-refractivity contribution in [1.29, 1.82) is 0 Å². The average molecular weight is 536 g/mol. The molecule has 30 heavy (non-hydrogen) atoms. The van der Waals surface area contributed by atoms with E-state index in [0.717, 1.165) is 17.2 Å². The maximum atomic E-state index is 12.9. The van der Waals surface area contributed by atoms with Crippen LogP contribution < -0.4 is 5.32 Å². The van der Waals surface area contributed by atoms with Gasteiger partial charge in [0.25, 0.3) is 0 Å². The van der Waals surface area contributed by atoms with Crippen LogP contribution in [0.3, 0.4) is 0 Å². The number of aromatic nitrogens is 2. The second-order valence-corrected chi connectivity index (χ2v) is 7.04. The smallest absolute Gasteiger partial charge is 0.357 e. The Bertz CT molecular complexity index is 800. The standard InChI is InChI=1S/C20H27F3N6.HI/c1-3-24-19(28-11-9-27(10-12-28)16(2)20(21,22)23)25-13-17-14-26-29(15-17)18-7-5-4-6-8-18;/h4-8,14-16H,3,9-13H2,1-2H3,(H,24,25);1H. The zero-order chi connectivity index (χ0) is 20.9. The van der Waals surface area contributed by atoms with Crippen LogP contribution in [0.25, 0.3) is 5.69 Å². The molecule has 0 saturated carbocycles. The summed E-state index contributed by atoms with van der Waals surface area (Å²) >= 11 is 0. The Hall–Kier alpha value is -1.82. The molecule has 0 amide bonds. The van der Waals surface area contributed by atoms with E-state index in [2.05, 4.69) is 15.4 Å². The van der Waals surface area contributed by atoms with E-state index in [1.165, 1.54) is 11.8 Å². The first-order valence-electron chi connectivity index (χ1n) is 9.81. The van der Waals surface area contributed by atoms with E-state index in [0.29, 0.717) is 39.3 Å². The molecule has 1 aliphatic rings. The second-order valence-electron chi connectivity index (χ2n) is 7.04. The van der Waals surface area contributed by atoms with E-state index < -0.39 is 12.2 Å². The van der Waals surface area contributed by atoms with Gasteiger partial charge >= 0.3 is 6.18 Å². The number of halogens is 4. The topological polar surface area (TPSA) is 48.7 Å². The molecule has 1 saturated heterocycles. The Morgan fingerprint density at radius 2 is 1.83 bits per heavy atom. The van der Waals surface area contributed by atoms with Crippen LogP contribution in [0.2, 0.25) is 0 Å². The van der Waals surface area contributed by atoms with Gasteiger partial charge < -0.3 is 10.2 Å². The highest BCUT2D eigenvalue weighted by molar-refractivity contribution is 14.0. The summed E-state index contributed by atoms with van der Waals surface area (Å²) in [7, 11) is 0. The van der Waals surface area contributed by atoms with Crippen molar-refractivity contribution in [2.75, 3.05) is 32.7 Å². The fourth-order valence-electron chi connectivity index (χ4n) is 3.28. The Balaban J connectivity index is 0.00000320. The van der Waals surface area contributed by atoms with Gasteiger partial charge in [-0.15, -0.1) is 24.0 Å². The number of benzene rings is 1. The maximum Gasteiger partial charge on any atom is 0.403 e. The van der Waals surface area contributed by atoms with E-state index in [9.17, 15) is 13.2 Å². The Labute approximate surface area is 192 Å². The minimum absolute atomic E-state index is 0. The summed E-state index contributed by atoms with van der Waals surface area (Å²) in [6.45, 7) is 6.08. The number of rotatable bonds is 5. The predicted molar refractivity (Wildman–Crippen MR) is 122 cm³/mol. The molecule has 1 aromatic carbocycles. The van der Waals surface area contributed by atoms with Crippen molar-refractivity contribution >= 4 is 29.9 Å². The molecular weight excluding hydrogens is 508 g/mol. The third kappa shape index (κ3) is 6.34. The van der Waals surface area contributed by atoms with E-state index in [1.54, 1.807) is 10.9 Å². The Kier molecular flexibility index (Phi) is 8.95. The summed E-state index contributed by atoms with van der Waals surface area (Å²) in [5.74, 6) is 0.722. The maximum absolute atomic E-state index is 12.9. The number of nitrogens with one attached hydrogen (secondary N) is 1. The lowest BCUT2D eigenvalue weighted by Crippen LogP contribution is -2.56. The molecule has 1 aliphatic heterocycles. The molecular formula is C20H28F3IN6. The lowest BCUT2D eigenvalue weighted by atomic mass is 10.2. The van der Waals surface area contributed by atoms with Gasteiger partial charge in [-0.1, -0.05) is 18.2 Å². The zero-order valence-corrected chi connectivity index (χ0v) is 19.5. The summed E-state index contributed by atoms with van der Waals surface area (Å²) in [6.07, 6.45) is -0.478. The predicted octanol–water partition coefficient (Wildman–Crippen LogP) is 3.52. The molecule has 6 nitrogen and oxygen atoms in total. The molecule has 0 bridgehead atoms. The Morgan fingerprint density at radius 3 is 2.43 bits per heavy atom. The molecule has 10 heteroatoms. The number of aliphatic imine (C=N–C) groups is 1. The average Bonchev–Trinajstić information content (AvgIpc) is 3.20. The third-order valence-electron chi connectivity index (χ3n) is 5.04. The lowest BCUT2D eigenvalue weighted by molar-refractivity contribution is -0.181. The van der Waals surface area contributed by atoms with E-state index >= 15 is 0 Å². The number of guanidine groups is 1. The van der Waals surface area contributed by atoms with Crippen LogP contribution in [0, 0.1) is 0 Å². The molecule has 1 aromatic heterocycles. The van der Waals surface area contributed by atoms with Gasteiger partial charge in [-0.05, 0) is 26.0 Å². The highest BCUT2D eigenvalue weighted by atomic mass is 127. The van der Waals surface area contributed by atoms with Crippen LogP contribution >= 0.6 is 24.0 Å². The Morgan fingerprint density at radius 1 is 1.17 bits per heavy atom. The van der Waals surface area contributed by atoms with Crippen LogP contribution in [0.15, 0.2) is 47.7 Å². The molecule has 1 N–H and O–H groups in total. The van der Waals surface area contributed by atoms with Gasteiger partial charge in [0.1, 0.15) is 6.04 Å². The van der Waals surface area contributed by atoms with Crippen molar-refractivity contribution in [3.8, 4) is 5.69 Å². The minimum Gasteiger partial charge on any atom is -0.357 e. The highest BCUT2D eigenvalue weighted by Crippen LogP contribution is 2.25. The normalized spacial score (nSPS) is 16.8. The number of piperazine rings is 1. The van der Waals surface area contributed by atoms with E-state index in [-0.39, 0.29) is 24.0 Å². The molecule has 2 heterocycles. The number of hydrogen-bond acceptors (Lipinski definition) is 3. The number of para-hydroxylation sites is 1. The molecule has 0 spiro atoms. The highest BCUT2D eigenvalue weighted by Gasteiger charge is 2.41. The van der Waals surface area contributed by atoms with Crippen LogP contribution in [0.1, 0.15) is 19.4 Å². The van der Waals surface area contributed by atoms with Crippen molar-refractivity contribution in [3.05, 3.63) is 48.3 Å². The van der Waals surface area contributed by atoms with E-state index in [4.69, 9.17) is 0 Å². The van der Waals surface area contributed by atoms with Gasteiger partial charge in [-0.3, -0.25) is 4.90 Å². The van der Waals surface area contributed by atoms with Gasteiger partial charge in [0.15, 0.2) is 5.96 Å². The summed E-state index contributed by atoms with van der Waals surface area (Å²) in [6, 6.07) is 8.40. The molecule has 1 atom stereocenters. The van der Waals surface area contributed by atoms with Crippen molar-refractivity contribution in [3.63, 3.8) is 0 Å². The largest absolute Gasteiger partial charge is 0.403 e. The SMILES string of the molecule is CCNC(=NCc1cnn(-c2ccccc2)c1)N1CCN(C(C)C(F)(F)F)CC1.I. The van der Waals surface area contributed by atoms with Crippen LogP contribution in [0.4, 0.5) is 13.2 Å². The molecule has 1 fully saturated rings. The fraction of sp³-hybridized carbons (Fsp3) is 0.500. The van der Waals surface area contributed by atoms with Crippen molar-refractivity contribution in [1.82, 2.24) is 24.9 Å². The monoisotopic (exact) mass is 536 g/mol. The minimum atomic E-state index is -4.19. The molecule has 0 aliphatic carbocycles. The van der Waals surface area contributed by atoms with Gasteiger partial charge in [-0.2, -0.15) is 18.3 Å². The molecule has 1 unspecified atom stereocenters. The van der Waals surface area contributed by atoms with Crippen LogP contribution in [-0.4, -0.2) is 70.5 Å². The van der Waals surface area contributed by atoms with Crippen molar-refractivity contribution < 1.29 is 13.2 Å². The van der Waals surface area contributed by atoms with Gasteiger partial charge in [0.05, 0.1) is 18.4 Å². The lowest BCUT2D eigenvalue weighted by Gasteiger charge is -2.39. The fourth-order valence-corrected chi connectivity index (χ4v) is 3.28. The number of nitrogens with zero attached hydrogens (tertiary/aromatic N) is 5. The quantitative estimate of drug-likeness (QED) is 0.361. The first-order valence-corrected chi connectivity index (χ1v) is 9.81. The van der Waals surface area contributed by atoms with Gasteiger partial charge in [-0.25, -0.2) is 9.67 Å². The van der Waals surface area contributed by atoms with E-state index in [1.807, 2.05) is 48.4 Å². The summed E-state index contributed by atoms with van der Waals surface area (Å²) in [5.41, 5.74) is 1.94. The third-order valence-corrected chi connectivity index (χ3v) is 5.04. The second kappa shape index (κ2) is 11.0. The summed E-state index contributed by atoms with van der Waals surface area (Å²) in [4.78, 5) is 8.17. The van der Waals surface area contributed by atoms with Crippen LogP contribution in [0.5, 0.6) is 0 Å². The van der Waals surface area contributed by atoms with Crippen molar-refractivity contribution in [2.24, 2.45) is 4.99 Å². The number of hydrogen-bond donors (Lipinski definition) is 1. The zero-order valence-electron chi connectivity index (χ0n) is 17.1. The summed E-state index contributed by atoms with van der Waals surface area (Å²) in [5, 5.41) is 7.62. The molecule has 3 rings (SSSR count). The molecule has 0 radical (unpaired) electrons.